The van der Waals surface area contributed by atoms with Gasteiger partial charge in [-0.25, -0.2) is 0 Å². The Morgan fingerprint density at radius 3 is 3.10 bits per heavy atom. The third kappa shape index (κ3) is 2.38. The first kappa shape index (κ1) is 7.58. The van der Waals surface area contributed by atoms with Crippen LogP contribution < -0.4 is 0 Å². The Morgan fingerprint density at radius 1 is 1.50 bits per heavy atom. The van der Waals surface area contributed by atoms with Crippen LogP contribution in [0, 0.1) is 5.92 Å². The standard InChI is InChI=1S/C8H14O2/c1-7-4-2-3-5-10-8(9)6-7/h7H,2-6H2,1H3. The molecule has 1 aliphatic rings. The zero-order valence-corrected chi connectivity index (χ0v) is 6.43. The van der Waals surface area contributed by atoms with Gasteiger partial charge in [-0.15, -0.1) is 0 Å². The lowest BCUT2D eigenvalue weighted by atomic mass is 10.00. The lowest BCUT2D eigenvalue weighted by molar-refractivity contribution is -0.145. The summed E-state index contributed by atoms with van der Waals surface area (Å²) >= 11 is 0. The topological polar surface area (TPSA) is 26.3 Å². The van der Waals surface area contributed by atoms with Gasteiger partial charge in [-0.05, 0) is 18.8 Å². The van der Waals surface area contributed by atoms with Crippen molar-refractivity contribution < 1.29 is 9.53 Å². The van der Waals surface area contributed by atoms with Crippen molar-refractivity contribution in [1.82, 2.24) is 0 Å². The lowest BCUT2D eigenvalue weighted by Crippen LogP contribution is -2.13. The molecular formula is C8H14O2. The number of ether oxygens (including phenoxy) is 1. The zero-order valence-electron chi connectivity index (χ0n) is 6.43. The zero-order chi connectivity index (χ0) is 7.40. The number of hydrogen-bond acceptors (Lipinski definition) is 2. The van der Waals surface area contributed by atoms with Gasteiger partial charge >= 0.3 is 5.97 Å². The number of carbonyl (C=O) groups excluding carboxylic acids is 1. The first-order valence-corrected chi connectivity index (χ1v) is 3.94. The SMILES string of the molecule is CC1CCCCOC(=O)C1. The van der Waals surface area contributed by atoms with Gasteiger partial charge in [-0.1, -0.05) is 13.3 Å². The molecule has 1 heterocycles. The molecule has 2 nitrogen and oxygen atoms in total. The molecule has 10 heavy (non-hydrogen) atoms. The maximum Gasteiger partial charge on any atom is 0.306 e. The van der Waals surface area contributed by atoms with Gasteiger partial charge in [0.15, 0.2) is 0 Å². The van der Waals surface area contributed by atoms with Crippen LogP contribution in [0.25, 0.3) is 0 Å². The molecule has 58 valence electrons. The van der Waals surface area contributed by atoms with E-state index >= 15 is 0 Å². The number of esters is 1. The highest BCUT2D eigenvalue weighted by Crippen LogP contribution is 2.15. The van der Waals surface area contributed by atoms with Crippen LogP contribution in [-0.4, -0.2) is 12.6 Å². The summed E-state index contributed by atoms with van der Waals surface area (Å²) in [6.45, 7) is 2.73. The van der Waals surface area contributed by atoms with Crippen LogP contribution in [-0.2, 0) is 9.53 Å². The maximum atomic E-state index is 10.8. The highest BCUT2D eigenvalue weighted by Gasteiger charge is 2.12. The highest BCUT2D eigenvalue weighted by molar-refractivity contribution is 5.69. The average molecular weight is 142 g/mol. The molecule has 0 bridgehead atoms. The molecule has 2 heteroatoms. The van der Waals surface area contributed by atoms with E-state index in [0.717, 1.165) is 6.42 Å². The van der Waals surface area contributed by atoms with Crippen LogP contribution in [0.1, 0.15) is 32.6 Å². The first-order valence-electron chi connectivity index (χ1n) is 3.94. The quantitative estimate of drug-likeness (QED) is 0.481. The van der Waals surface area contributed by atoms with Crippen molar-refractivity contribution in [2.45, 2.75) is 32.6 Å². The summed E-state index contributed by atoms with van der Waals surface area (Å²) in [6.07, 6.45) is 4.03. The number of cyclic esters (lactones) is 1. The molecule has 0 aromatic rings. The smallest absolute Gasteiger partial charge is 0.306 e. The minimum absolute atomic E-state index is 0.0211. The number of rotatable bonds is 0. The lowest BCUT2D eigenvalue weighted by Gasteiger charge is -2.14. The van der Waals surface area contributed by atoms with Gasteiger partial charge in [0.2, 0.25) is 0 Å². The van der Waals surface area contributed by atoms with E-state index < -0.39 is 0 Å². The molecule has 0 amide bonds. The van der Waals surface area contributed by atoms with E-state index in [9.17, 15) is 4.79 Å². The van der Waals surface area contributed by atoms with Crippen LogP contribution >= 0.6 is 0 Å². The van der Waals surface area contributed by atoms with Crippen LogP contribution in [0.15, 0.2) is 0 Å². The molecule has 0 N–H and O–H groups in total. The molecule has 1 unspecified atom stereocenters. The Balaban J connectivity index is 2.32. The predicted molar refractivity (Wildman–Crippen MR) is 38.6 cm³/mol. The molecule has 0 saturated carbocycles. The van der Waals surface area contributed by atoms with Gasteiger partial charge in [0.05, 0.1) is 6.61 Å². The van der Waals surface area contributed by atoms with Crippen LogP contribution in [0.2, 0.25) is 0 Å². The minimum atomic E-state index is -0.0211. The van der Waals surface area contributed by atoms with E-state index in [4.69, 9.17) is 4.74 Å². The summed E-state index contributed by atoms with van der Waals surface area (Å²) in [4.78, 5) is 10.8. The second-order valence-corrected chi connectivity index (χ2v) is 3.03. The van der Waals surface area contributed by atoms with Gasteiger partial charge in [-0.3, -0.25) is 4.79 Å². The van der Waals surface area contributed by atoms with E-state index in [-0.39, 0.29) is 5.97 Å². The fourth-order valence-electron chi connectivity index (χ4n) is 1.23. The second kappa shape index (κ2) is 3.59. The summed E-state index contributed by atoms with van der Waals surface area (Å²) < 4.78 is 4.91. The predicted octanol–water partition coefficient (Wildman–Crippen LogP) is 1.74. The molecule has 0 radical (unpaired) electrons. The van der Waals surface area contributed by atoms with E-state index in [0.29, 0.717) is 18.9 Å². The fourth-order valence-corrected chi connectivity index (χ4v) is 1.23. The normalized spacial score (nSPS) is 28.5. The molecule has 1 rings (SSSR count). The molecule has 0 aromatic heterocycles. The maximum absolute atomic E-state index is 10.8. The van der Waals surface area contributed by atoms with Crippen molar-refractivity contribution >= 4 is 5.97 Å². The molecule has 0 aromatic carbocycles. The Hall–Kier alpha value is -0.530. The molecule has 1 aliphatic heterocycles. The average Bonchev–Trinajstić information content (AvgIpc) is 1.83. The second-order valence-electron chi connectivity index (χ2n) is 3.03. The van der Waals surface area contributed by atoms with Gasteiger partial charge < -0.3 is 4.74 Å². The molecule has 1 fully saturated rings. The Bertz CT molecular complexity index is 120. The summed E-state index contributed by atoms with van der Waals surface area (Å²) in [7, 11) is 0. The summed E-state index contributed by atoms with van der Waals surface area (Å²) in [5, 5.41) is 0. The van der Waals surface area contributed by atoms with Crippen molar-refractivity contribution in [2.75, 3.05) is 6.61 Å². The number of carbonyl (C=O) groups is 1. The van der Waals surface area contributed by atoms with Gasteiger partial charge in [0.1, 0.15) is 0 Å². The van der Waals surface area contributed by atoms with E-state index in [1.54, 1.807) is 0 Å². The molecule has 0 aliphatic carbocycles. The van der Waals surface area contributed by atoms with E-state index in [1.165, 1.54) is 12.8 Å². The Labute approximate surface area is 61.6 Å². The molecular weight excluding hydrogens is 128 g/mol. The highest BCUT2D eigenvalue weighted by atomic mass is 16.5. The summed E-state index contributed by atoms with van der Waals surface area (Å²) in [5.74, 6) is 0.500. The largest absolute Gasteiger partial charge is 0.466 e. The van der Waals surface area contributed by atoms with Crippen molar-refractivity contribution in [3.8, 4) is 0 Å². The first-order chi connectivity index (χ1) is 4.79. The third-order valence-corrected chi connectivity index (χ3v) is 1.87. The van der Waals surface area contributed by atoms with Crippen molar-refractivity contribution in [3.05, 3.63) is 0 Å². The molecule has 0 spiro atoms. The fraction of sp³-hybridized carbons (Fsp3) is 0.875. The monoisotopic (exact) mass is 142 g/mol. The Morgan fingerprint density at radius 2 is 2.30 bits per heavy atom. The van der Waals surface area contributed by atoms with Crippen molar-refractivity contribution in [1.29, 1.82) is 0 Å². The molecule has 1 saturated heterocycles. The minimum Gasteiger partial charge on any atom is -0.466 e. The van der Waals surface area contributed by atoms with Gasteiger partial charge in [0.25, 0.3) is 0 Å². The van der Waals surface area contributed by atoms with E-state index in [2.05, 4.69) is 6.92 Å². The van der Waals surface area contributed by atoms with Crippen molar-refractivity contribution in [3.63, 3.8) is 0 Å². The number of hydrogen-bond donors (Lipinski definition) is 0. The Kier molecular flexibility index (Phi) is 2.72. The van der Waals surface area contributed by atoms with Gasteiger partial charge in [0, 0.05) is 6.42 Å². The van der Waals surface area contributed by atoms with Gasteiger partial charge in [-0.2, -0.15) is 0 Å². The molecule has 1 atom stereocenters. The summed E-state index contributed by atoms with van der Waals surface area (Å²) in [6, 6.07) is 0. The van der Waals surface area contributed by atoms with E-state index in [1.807, 2.05) is 0 Å². The van der Waals surface area contributed by atoms with Crippen molar-refractivity contribution in [2.24, 2.45) is 5.92 Å². The van der Waals surface area contributed by atoms with Crippen LogP contribution in [0.4, 0.5) is 0 Å². The van der Waals surface area contributed by atoms with Crippen LogP contribution in [0.5, 0.6) is 0 Å². The third-order valence-electron chi connectivity index (χ3n) is 1.87. The van der Waals surface area contributed by atoms with Crippen LogP contribution in [0.3, 0.4) is 0 Å². The summed E-state index contributed by atoms with van der Waals surface area (Å²) in [5.41, 5.74) is 0.